The second-order valence-corrected chi connectivity index (χ2v) is 5.75. The Hall–Kier alpha value is -0.640. The van der Waals surface area contributed by atoms with Gasteiger partial charge in [0.2, 0.25) is 0 Å². The lowest BCUT2D eigenvalue weighted by Gasteiger charge is -1.97. The fraction of sp³-hybridized carbons (Fsp3) is 0.231. The normalized spacial score (nSPS) is 10.6. The van der Waals surface area contributed by atoms with Gasteiger partial charge in [0.25, 0.3) is 0 Å². The van der Waals surface area contributed by atoms with Crippen LogP contribution in [-0.4, -0.2) is 6.54 Å². The summed E-state index contributed by atoms with van der Waals surface area (Å²) in [5.41, 5.74) is 6.79. The van der Waals surface area contributed by atoms with E-state index in [2.05, 4.69) is 52.3 Å². The number of rotatable bonds is 4. The molecule has 2 N–H and O–H groups in total. The van der Waals surface area contributed by atoms with E-state index in [0.29, 0.717) is 0 Å². The number of hydrogen-bond donors (Lipinski definition) is 1. The van der Waals surface area contributed by atoms with Gasteiger partial charge in [0.15, 0.2) is 0 Å². The highest BCUT2D eigenvalue weighted by atomic mass is 79.9. The molecule has 1 aromatic carbocycles. The van der Waals surface area contributed by atoms with Gasteiger partial charge in [-0.15, -0.1) is 11.3 Å². The number of aryl methyl sites for hydroxylation is 1. The first kappa shape index (κ1) is 11.8. The van der Waals surface area contributed by atoms with Crippen LogP contribution in [0.15, 0.2) is 40.9 Å². The number of benzene rings is 1. The number of halogens is 1. The van der Waals surface area contributed by atoms with Crippen molar-refractivity contribution in [1.29, 1.82) is 0 Å². The van der Waals surface area contributed by atoms with Crippen molar-refractivity contribution in [3.05, 3.63) is 45.7 Å². The Balaban J connectivity index is 2.15. The molecule has 16 heavy (non-hydrogen) atoms. The fourth-order valence-electron chi connectivity index (χ4n) is 1.56. The van der Waals surface area contributed by atoms with Crippen LogP contribution in [0.3, 0.4) is 0 Å². The highest BCUT2D eigenvalue weighted by molar-refractivity contribution is 9.10. The first-order valence-electron chi connectivity index (χ1n) is 5.34. The molecule has 1 aromatic heterocycles. The zero-order chi connectivity index (χ0) is 11.4. The first-order valence-corrected chi connectivity index (χ1v) is 6.95. The van der Waals surface area contributed by atoms with Gasteiger partial charge in [-0.1, -0.05) is 28.1 Å². The van der Waals surface area contributed by atoms with E-state index in [0.717, 1.165) is 23.9 Å². The topological polar surface area (TPSA) is 26.0 Å². The minimum Gasteiger partial charge on any atom is -0.330 e. The zero-order valence-corrected chi connectivity index (χ0v) is 11.4. The smallest absolute Gasteiger partial charge is 0.0345 e. The Kier molecular flexibility index (Phi) is 4.16. The third-order valence-corrected chi connectivity index (χ3v) is 4.14. The van der Waals surface area contributed by atoms with Gasteiger partial charge in [0, 0.05) is 14.2 Å². The Labute approximate surface area is 108 Å². The predicted octanol–water partition coefficient (Wildman–Crippen LogP) is 4.07. The molecule has 0 saturated carbocycles. The van der Waals surface area contributed by atoms with Gasteiger partial charge in [-0.2, -0.15) is 0 Å². The quantitative estimate of drug-likeness (QED) is 0.904. The predicted molar refractivity (Wildman–Crippen MR) is 74.8 cm³/mol. The molecule has 0 spiro atoms. The molecule has 0 fully saturated rings. The molecule has 84 valence electrons. The van der Waals surface area contributed by atoms with Crippen LogP contribution in [0.1, 0.15) is 11.3 Å². The monoisotopic (exact) mass is 295 g/mol. The minimum absolute atomic E-state index is 0.769. The van der Waals surface area contributed by atoms with E-state index < -0.39 is 0 Å². The van der Waals surface area contributed by atoms with Crippen molar-refractivity contribution in [2.75, 3.05) is 6.54 Å². The molecule has 0 bridgehead atoms. The third kappa shape index (κ3) is 2.94. The van der Waals surface area contributed by atoms with Gasteiger partial charge < -0.3 is 5.73 Å². The maximum absolute atomic E-state index is 5.51. The van der Waals surface area contributed by atoms with Crippen molar-refractivity contribution in [2.45, 2.75) is 12.8 Å². The molecule has 1 nitrogen and oxygen atoms in total. The van der Waals surface area contributed by atoms with Crippen LogP contribution in [0.5, 0.6) is 0 Å². The molecule has 0 aliphatic heterocycles. The highest BCUT2D eigenvalue weighted by Gasteiger charge is 2.02. The Morgan fingerprint density at radius 1 is 1.06 bits per heavy atom. The summed E-state index contributed by atoms with van der Waals surface area (Å²) in [6, 6.07) is 12.8. The minimum atomic E-state index is 0.769. The summed E-state index contributed by atoms with van der Waals surface area (Å²) in [6.45, 7) is 0.769. The van der Waals surface area contributed by atoms with Crippen molar-refractivity contribution < 1.29 is 0 Å². The standard InChI is InChI=1S/C13H14BrNS/c14-11-5-3-10(4-6-11)13-8-7-12(16-13)2-1-9-15/h3-8H,1-2,9,15H2. The molecule has 0 aliphatic carbocycles. The SMILES string of the molecule is NCCCc1ccc(-c2ccc(Br)cc2)s1. The Morgan fingerprint density at radius 3 is 2.50 bits per heavy atom. The molecule has 2 rings (SSSR count). The maximum atomic E-state index is 5.51. The van der Waals surface area contributed by atoms with E-state index >= 15 is 0 Å². The van der Waals surface area contributed by atoms with Crippen LogP contribution < -0.4 is 5.73 Å². The fourth-order valence-corrected chi connectivity index (χ4v) is 2.88. The molecule has 3 heteroatoms. The lowest BCUT2D eigenvalue weighted by atomic mass is 10.2. The average Bonchev–Trinajstić information content (AvgIpc) is 2.76. The van der Waals surface area contributed by atoms with Gasteiger partial charge in [-0.05, 0) is 49.2 Å². The van der Waals surface area contributed by atoms with E-state index in [-0.39, 0.29) is 0 Å². The molecular weight excluding hydrogens is 282 g/mol. The lowest BCUT2D eigenvalue weighted by Crippen LogP contribution is -1.99. The van der Waals surface area contributed by atoms with Crippen molar-refractivity contribution in [3.8, 4) is 10.4 Å². The Morgan fingerprint density at radius 2 is 1.81 bits per heavy atom. The van der Waals surface area contributed by atoms with Crippen LogP contribution in [0.4, 0.5) is 0 Å². The first-order chi connectivity index (χ1) is 7.79. The second-order valence-electron chi connectivity index (χ2n) is 3.67. The van der Waals surface area contributed by atoms with Crippen LogP contribution in [0.25, 0.3) is 10.4 Å². The van der Waals surface area contributed by atoms with Crippen LogP contribution in [0.2, 0.25) is 0 Å². The average molecular weight is 296 g/mol. The lowest BCUT2D eigenvalue weighted by molar-refractivity contribution is 0.843. The van der Waals surface area contributed by atoms with Gasteiger partial charge in [0.05, 0.1) is 0 Å². The molecule has 0 unspecified atom stereocenters. The molecule has 0 radical (unpaired) electrons. The molecule has 2 aromatic rings. The molecular formula is C13H14BrNS. The number of hydrogen-bond acceptors (Lipinski definition) is 2. The second kappa shape index (κ2) is 5.62. The van der Waals surface area contributed by atoms with Crippen molar-refractivity contribution in [2.24, 2.45) is 5.73 Å². The van der Waals surface area contributed by atoms with Crippen molar-refractivity contribution in [3.63, 3.8) is 0 Å². The summed E-state index contributed by atoms with van der Waals surface area (Å²) < 4.78 is 1.12. The van der Waals surface area contributed by atoms with E-state index in [1.54, 1.807) is 0 Å². The molecule has 1 heterocycles. The number of nitrogens with two attached hydrogens (primary N) is 1. The zero-order valence-electron chi connectivity index (χ0n) is 8.95. The number of thiophene rings is 1. The van der Waals surface area contributed by atoms with Crippen LogP contribution in [-0.2, 0) is 6.42 Å². The van der Waals surface area contributed by atoms with Gasteiger partial charge >= 0.3 is 0 Å². The van der Waals surface area contributed by atoms with Crippen molar-refractivity contribution >= 4 is 27.3 Å². The van der Waals surface area contributed by atoms with E-state index in [4.69, 9.17) is 5.73 Å². The summed E-state index contributed by atoms with van der Waals surface area (Å²) >= 11 is 5.31. The summed E-state index contributed by atoms with van der Waals surface area (Å²) in [7, 11) is 0. The summed E-state index contributed by atoms with van der Waals surface area (Å²) in [5, 5.41) is 0. The summed E-state index contributed by atoms with van der Waals surface area (Å²) in [4.78, 5) is 2.75. The van der Waals surface area contributed by atoms with E-state index in [1.807, 2.05) is 11.3 Å². The van der Waals surface area contributed by atoms with Crippen LogP contribution in [0, 0.1) is 0 Å². The molecule has 0 aliphatic rings. The summed E-state index contributed by atoms with van der Waals surface area (Å²) in [6.07, 6.45) is 2.16. The van der Waals surface area contributed by atoms with Gasteiger partial charge in [-0.3, -0.25) is 0 Å². The van der Waals surface area contributed by atoms with Crippen LogP contribution >= 0.6 is 27.3 Å². The largest absolute Gasteiger partial charge is 0.330 e. The van der Waals surface area contributed by atoms with E-state index in [9.17, 15) is 0 Å². The molecule has 0 atom stereocenters. The Bertz CT molecular complexity index is 447. The molecule has 0 saturated heterocycles. The summed E-state index contributed by atoms with van der Waals surface area (Å²) in [5.74, 6) is 0. The van der Waals surface area contributed by atoms with E-state index in [1.165, 1.54) is 15.3 Å². The van der Waals surface area contributed by atoms with Gasteiger partial charge in [0.1, 0.15) is 0 Å². The highest BCUT2D eigenvalue weighted by Crippen LogP contribution is 2.29. The van der Waals surface area contributed by atoms with Gasteiger partial charge in [-0.25, -0.2) is 0 Å². The van der Waals surface area contributed by atoms with Crippen molar-refractivity contribution in [1.82, 2.24) is 0 Å². The maximum Gasteiger partial charge on any atom is 0.0345 e. The molecule has 0 amide bonds. The third-order valence-electron chi connectivity index (χ3n) is 2.42.